The zero-order valence-electron chi connectivity index (χ0n) is 11.8. The normalized spacial score (nSPS) is 10.2. The molecule has 112 valence electrons. The van der Waals surface area contributed by atoms with Gasteiger partial charge in [-0.15, -0.1) is 0 Å². The van der Waals surface area contributed by atoms with Gasteiger partial charge in [-0.2, -0.15) is 5.10 Å². The molecule has 0 bridgehead atoms. The second-order valence-corrected chi connectivity index (χ2v) is 4.16. The average molecular weight is 298 g/mol. The van der Waals surface area contributed by atoms with E-state index in [0.717, 1.165) is 5.56 Å². The first-order valence-electron chi connectivity index (χ1n) is 6.37. The summed E-state index contributed by atoms with van der Waals surface area (Å²) in [7, 11) is 1.54. The second kappa shape index (κ2) is 7.53. The molecule has 0 fully saturated rings. The molecule has 22 heavy (non-hydrogen) atoms. The highest BCUT2D eigenvalue weighted by Crippen LogP contribution is 2.14. The number of rotatable bonds is 4. The third-order valence-corrected chi connectivity index (χ3v) is 2.64. The first-order valence-corrected chi connectivity index (χ1v) is 6.37. The number of hydrogen-bond acceptors (Lipinski definition) is 5. The van der Waals surface area contributed by atoms with Crippen LogP contribution in [0.3, 0.4) is 0 Å². The van der Waals surface area contributed by atoms with Gasteiger partial charge >= 0.3 is 11.8 Å². The molecule has 2 aromatic rings. The summed E-state index contributed by atoms with van der Waals surface area (Å²) >= 11 is 0. The fourth-order valence-electron chi connectivity index (χ4n) is 1.53. The predicted octanol–water partition coefficient (Wildman–Crippen LogP) is 1.18. The SMILES string of the molecule is COc1ccc(NC(=O)C(=O)NN=Cc2ccncc2)cc1. The van der Waals surface area contributed by atoms with Gasteiger partial charge in [-0.1, -0.05) is 0 Å². The van der Waals surface area contributed by atoms with Crippen LogP contribution >= 0.6 is 0 Å². The number of methoxy groups -OCH3 is 1. The van der Waals surface area contributed by atoms with Crippen LogP contribution in [0.2, 0.25) is 0 Å². The van der Waals surface area contributed by atoms with Crippen LogP contribution in [0.15, 0.2) is 53.9 Å². The van der Waals surface area contributed by atoms with Gasteiger partial charge in [0.05, 0.1) is 13.3 Å². The van der Waals surface area contributed by atoms with E-state index < -0.39 is 11.8 Å². The molecule has 0 atom stereocenters. The summed E-state index contributed by atoms with van der Waals surface area (Å²) in [5.41, 5.74) is 3.39. The summed E-state index contributed by atoms with van der Waals surface area (Å²) in [6.45, 7) is 0. The summed E-state index contributed by atoms with van der Waals surface area (Å²) in [5.74, 6) is -1.01. The van der Waals surface area contributed by atoms with E-state index in [1.165, 1.54) is 6.21 Å². The average Bonchev–Trinajstić information content (AvgIpc) is 2.56. The van der Waals surface area contributed by atoms with Crippen LogP contribution in [0.1, 0.15) is 5.56 Å². The van der Waals surface area contributed by atoms with E-state index in [4.69, 9.17) is 4.74 Å². The minimum Gasteiger partial charge on any atom is -0.497 e. The van der Waals surface area contributed by atoms with Crippen molar-refractivity contribution in [2.45, 2.75) is 0 Å². The Morgan fingerprint density at radius 1 is 1.09 bits per heavy atom. The van der Waals surface area contributed by atoms with Gasteiger partial charge in [-0.3, -0.25) is 14.6 Å². The number of nitrogens with zero attached hydrogens (tertiary/aromatic N) is 2. The number of benzene rings is 1. The molecule has 0 aliphatic rings. The van der Waals surface area contributed by atoms with Crippen molar-refractivity contribution in [3.8, 4) is 5.75 Å². The van der Waals surface area contributed by atoms with Crippen LogP contribution in [0.4, 0.5) is 5.69 Å². The molecule has 0 saturated heterocycles. The lowest BCUT2D eigenvalue weighted by Crippen LogP contribution is -2.32. The molecule has 7 heteroatoms. The lowest BCUT2D eigenvalue weighted by molar-refractivity contribution is -0.136. The van der Waals surface area contributed by atoms with Crippen LogP contribution < -0.4 is 15.5 Å². The van der Waals surface area contributed by atoms with E-state index in [2.05, 4.69) is 20.8 Å². The van der Waals surface area contributed by atoms with Gasteiger partial charge in [0.1, 0.15) is 5.75 Å². The molecule has 0 spiro atoms. The monoisotopic (exact) mass is 298 g/mol. The molecule has 0 aliphatic heterocycles. The van der Waals surface area contributed by atoms with Crippen molar-refractivity contribution in [3.63, 3.8) is 0 Å². The van der Waals surface area contributed by atoms with Crippen LogP contribution in [0.25, 0.3) is 0 Å². The Hall–Kier alpha value is -3.22. The van der Waals surface area contributed by atoms with Crippen LogP contribution in [-0.4, -0.2) is 30.1 Å². The van der Waals surface area contributed by atoms with Crippen molar-refractivity contribution in [1.29, 1.82) is 0 Å². The molecular weight excluding hydrogens is 284 g/mol. The van der Waals surface area contributed by atoms with Gasteiger partial charge in [0.2, 0.25) is 0 Å². The van der Waals surface area contributed by atoms with Crippen molar-refractivity contribution < 1.29 is 14.3 Å². The van der Waals surface area contributed by atoms with E-state index in [-0.39, 0.29) is 0 Å². The Labute approximate surface area is 127 Å². The second-order valence-electron chi connectivity index (χ2n) is 4.16. The third-order valence-electron chi connectivity index (χ3n) is 2.64. The molecule has 1 aromatic carbocycles. The number of carbonyl (C=O) groups is 2. The van der Waals surface area contributed by atoms with Crippen LogP contribution in [0.5, 0.6) is 5.75 Å². The van der Waals surface area contributed by atoms with Gasteiger partial charge < -0.3 is 10.1 Å². The number of pyridine rings is 1. The number of anilines is 1. The first kappa shape index (κ1) is 15.2. The fourth-order valence-corrected chi connectivity index (χ4v) is 1.53. The zero-order chi connectivity index (χ0) is 15.8. The minimum absolute atomic E-state index is 0.485. The van der Waals surface area contributed by atoms with E-state index in [1.54, 1.807) is 55.9 Å². The Balaban J connectivity index is 1.86. The number of aromatic nitrogens is 1. The van der Waals surface area contributed by atoms with Crippen LogP contribution in [0, 0.1) is 0 Å². The molecule has 1 heterocycles. The summed E-state index contributed by atoms with van der Waals surface area (Å²) in [6.07, 6.45) is 4.61. The molecule has 2 rings (SSSR count). The number of carbonyl (C=O) groups excluding carboxylic acids is 2. The smallest absolute Gasteiger partial charge is 0.329 e. The standard InChI is InChI=1S/C15H14N4O3/c1-22-13-4-2-12(3-5-13)18-14(20)15(21)19-17-10-11-6-8-16-9-7-11/h2-10H,1H3,(H,18,20)(H,19,21). The van der Waals surface area contributed by atoms with E-state index in [1.807, 2.05) is 0 Å². The number of hydrazone groups is 1. The van der Waals surface area contributed by atoms with Crippen molar-refractivity contribution in [2.75, 3.05) is 12.4 Å². The lowest BCUT2D eigenvalue weighted by atomic mass is 10.3. The number of amides is 2. The minimum atomic E-state index is -0.860. The Bertz CT molecular complexity index is 669. The molecule has 1 aromatic heterocycles. The van der Waals surface area contributed by atoms with Crippen LogP contribution in [-0.2, 0) is 9.59 Å². The largest absolute Gasteiger partial charge is 0.497 e. The summed E-state index contributed by atoms with van der Waals surface area (Å²) in [5, 5.41) is 6.15. The molecule has 0 aliphatic carbocycles. The van der Waals surface area contributed by atoms with E-state index >= 15 is 0 Å². The Morgan fingerprint density at radius 3 is 2.41 bits per heavy atom. The molecule has 7 nitrogen and oxygen atoms in total. The maximum Gasteiger partial charge on any atom is 0.329 e. The van der Waals surface area contributed by atoms with Gasteiger partial charge in [-0.25, -0.2) is 5.43 Å². The maximum atomic E-state index is 11.7. The number of nitrogens with one attached hydrogen (secondary N) is 2. The Kier molecular flexibility index (Phi) is 5.20. The molecule has 0 unspecified atom stereocenters. The first-order chi connectivity index (χ1) is 10.7. The number of hydrogen-bond donors (Lipinski definition) is 2. The quantitative estimate of drug-likeness (QED) is 0.503. The summed E-state index contributed by atoms with van der Waals surface area (Å²) < 4.78 is 5.00. The van der Waals surface area contributed by atoms with Crippen molar-refractivity contribution in [1.82, 2.24) is 10.4 Å². The van der Waals surface area contributed by atoms with Gasteiger partial charge in [0.25, 0.3) is 0 Å². The molecule has 0 radical (unpaired) electrons. The maximum absolute atomic E-state index is 11.7. The Morgan fingerprint density at radius 2 is 1.77 bits per heavy atom. The fraction of sp³-hybridized carbons (Fsp3) is 0.0667. The molecule has 2 N–H and O–H groups in total. The van der Waals surface area contributed by atoms with E-state index in [9.17, 15) is 9.59 Å². The third kappa shape index (κ3) is 4.41. The predicted molar refractivity (Wildman–Crippen MR) is 81.6 cm³/mol. The van der Waals surface area contributed by atoms with Gasteiger partial charge in [0.15, 0.2) is 0 Å². The highest BCUT2D eigenvalue weighted by atomic mass is 16.5. The zero-order valence-corrected chi connectivity index (χ0v) is 11.8. The highest BCUT2D eigenvalue weighted by Gasteiger charge is 2.12. The van der Waals surface area contributed by atoms with Gasteiger partial charge in [-0.05, 0) is 42.0 Å². The van der Waals surface area contributed by atoms with Crippen molar-refractivity contribution in [3.05, 3.63) is 54.4 Å². The van der Waals surface area contributed by atoms with Crippen molar-refractivity contribution >= 4 is 23.7 Å². The molecule has 0 saturated carbocycles. The van der Waals surface area contributed by atoms with E-state index in [0.29, 0.717) is 11.4 Å². The molecule has 2 amide bonds. The lowest BCUT2D eigenvalue weighted by Gasteiger charge is -2.05. The highest BCUT2D eigenvalue weighted by molar-refractivity contribution is 6.39. The van der Waals surface area contributed by atoms with Gasteiger partial charge in [0, 0.05) is 18.1 Å². The summed E-state index contributed by atoms with van der Waals surface area (Å²) in [4.78, 5) is 27.1. The topological polar surface area (TPSA) is 92.7 Å². The molecular formula is C15H14N4O3. The number of ether oxygens (including phenoxy) is 1. The summed E-state index contributed by atoms with van der Waals surface area (Å²) in [6, 6.07) is 10.0. The van der Waals surface area contributed by atoms with Crippen molar-refractivity contribution in [2.24, 2.45) is 5.10 Å².